The summed E-state index contributed by atoms with van der Waals surface area (Å²) in [5, 5.41) is 12.8. The van der Waals surface area contributed by atoms with Crippen LogP contribution >= 0.6 is 0 Å². The van der Waals surface area contributed by atoms with Crippen LogP contribution in [0.3, 0.4) is 0 Å². The van der Waals surface area contributed by atoms with E-state index in [2.05, 4.69) is 10.3 Å². The van der Waals surface area contributed by atoms with E-state index in [0.717, 1.165) is 16.6 Å². The largest absolute Gasteiger partial charge is 0.492 e. The molecule has 0 radical (unpaired) electrons. The van der Waals surface area contributed by atoms with Gasteiger partial charge in [0.2, 0.25) is 5.91 Å². The van der Waals surface area contributed by atoms with Crippen LogP contribution in [0.25, 0.3) is 17.0 Å². The van der Waals surface area contributed by atoms with Crippen molar-refractivity contribution >= 4 is 36.0 Å². The van der Waals surface area contributed by atoms with Gasteiger partial charge in [0.1, 0.15) is 0 Å². The quantitative estimate of drug-likeness (QED) is 0.688. The number of aromatic amines is 1. The van der Waals surface area contributed by atoms with Crippen molar-refractivity contribution in [2.24, 2.45) is 0 Å². The van der Waals surface area contributed by atoms with E-state index in [1.807, 2.05) is 45.9 Å². The van der Waals surface area contributed by atoms with Gasteiger partial charge in [-0.05, 0) is 50.9 Å². The highest BCUT2D eigenvalue weighted by Crippen LogP contribution is 2.38. The lowest BCUT2D eigenvalue weighted by atomic mass is 9.77. The molecule has 2 heterocycles. The monoisotopic (exact) mass is 384 g/mol. The summed E-state index contributed by atoms with van der Waals surface area (Å²) in [6.07, 6.45) is 3.35. The van der Waals surface area contributed by atoms with E-state index in [1.54, 1.807) is 6.07 Å². The maximum absolute atomic E-state index is 11.4. The van der Waals surface area contributed by atoms with Crippen molar-refractivity contribution in [3.63, 3.8) is 0 Å². The average Bonchev–Trinajstić information content (AvgIpc) is 3.09. The minimum atomic E-state index is -0.989. The van der Waals surface area contributed by atoms with E-state index >= 15 is 0 Å². The summed E-state index contributed by atoms with van der Waals surface area (Å²) in [5.41, 5.74) is 1.49. The van der Waals surface area contributed by atoms with Crippen molar-refractivity contribution in [2.75, 3.05) is 6.54 Å². The summed E-state index contributed by atoms with van der Waals surface area (Å²) < 4.78 is 12.2. The molecule has 148 valence electrons. The molecule has 0 bridgehead atoms. The zero-order valence-electron chi connectivity index (χ0n) is 16.8. The molecule has 1 fully saturated rings. The number of fused-ring (bicyclic) bond motifs is 1. The van der Waals surface area contributed by atoms with Gasteiger partial charge in [-0.1, -0.05) is 12.1 Å². The molecule has 1 saturated heterocycles. The van der Waals surface area contributed by atoms with Crippen LogP contribution in [-0.4, -0.2) is 46.8 Å². The van der Waals surface area contributed by atoms with E-state index in [-0.39, 0.29) is 18.0 Å². The Hall–Kier alpha value is -2.58. The molecule has 1 aliphatic rings. The first-order valence-corrected chi connectivity index (χ1v) is 9.15. The smallest absolute Gasteiger partial charge is 0.478 e. The minimum absolute atomic E-state index is 0.156. The lowest BCUT2D eigenvalue weighted by Gasteiger charge is -2.32. The number of carboxylic acid groups (broad SMARTS) is 1. The van der Waals surface area contributed by atoms with Gasteiger partial charge in [0, 0.05) is 30.6 Å². The fourth-order valence-electron chi connectivity index (χ4n) is 3.04. The summed E-state index contributed by atoms with van der Waals surface area (Å²) in [6, 6.07) is 5.51. The summed E-state index contributed by atoms with van der Waals surface area (Å²) in [7, 11) is -0.613. The van der Waals surface area contributed by atoms with Crippen LogP contribution in [0.1, 0.15) is 50.5 Å². The van der Waals surface area contributed by atoms with E-state index < -0.39 is 24.3 Å². The zero-order chi connectivity index (χ0) is 20.7. The van der Waals surface area contributed by atoms with Gasteiger partial charge in [-0.3, -0.25) is 4.79 Å². The SMILES string of the molecule is CC(=O)NCC(=Cc1ccc2[nH]cc(C(=O)O)c2c1)B1OC(C)(C)C(C)(C)O1. The first-order valence-electron chi connectivity index (χ1n) is 9.15. The number of nitrogens with one attached hydrogen (secondary N) is 2. The summed E-state index contributed by atoms with van der Waals surface area (Å²) in [4.78, 5) is 25.8. The summed E-state index contributed by atoms with van der Waals surface area (Å²) in [5.74, 6) is -1.14. The van der Waals surface area contributed by atoms with E-state index in [1.165, 1.54) is 13.1 Å². The van der Waals surface area contributed by atoms with E-state index in [0.29, 0.717) is 5.39 Å². The number of aromatic carboxylic acids is 1. The topological polar surface area (TPSA) is 101 Å². The third kappa shape index (κ3) is 3.83. The molecule has 1 aromatic heterocycles. The molecular weight excluding hydrogens is 359 g/mol. The number of amides is 1. The number of rotatable bonds is 5. The van der Waals surface area contributed by atoms with Crippen LogP contribution in [0.5, 0.6) is 0 Å². The number of H-pyrrole nitrogens is 1. The molecule has 0 spiro atoms. The maximum atomic E-state index is 11.4. The molecule has 3 N–H and O–H groups in total. The molecule has 1 aromatic carbocycles. The molecule has 2 aromatic rings. The third-order valence-corrected chi connectivity index (χ3v) is 5.39. The maximum Gasteiger partial charge on any atom is 0.492 e. The zero-order valence-corrected chi connectivity index (χ0v) is 16.8. The Balaban J connectivity index is 1.99. The second-order valence-electron chi connectivity index (χ2n) is 8.03. The second kappa shape index (κ2) is 7.11. The Bertz CT molecular complexity index is 945. The second-order valence-corrected chi connectivity index (χ2v) is 8.03. The minimum Gasteiger partial charge on any atom is -0.478 e. The number of aromatic nitrogens is 1. The Kier molecular flexibility index (Phi) is 5.12. The lowest BCUT2D eigenvalue weighted by Crippen LogP contribution is -2.41. The van der Waals surface area contributed by atoms with Gasteiger partial charge in [0.25, 0.3) is 0 Å². The van der Waals surface area contributed by atoms with Gasteiger partial charge in [-0.2, -0.15) is 0 Å². The molecule has 0 saturated carbocycles. The average molecular weight is 384 g/mol. The van der Waals surface area contributed by atoms with Crippen molar-refractivity contribution in [3.05, 3.63) is 41.0 Å². The first kappa shape index (κ1) is 20.2. The van der Waals surface area contributed by atoms with Gasteiger partial charge in [0.05, 0.1) is 16.8 Å². The lowest BCUT2D eigenvalue weighted by molar-refractivity contribution is -0.118. The standard InChI is InChI=1S/C20H25BN2O5/c1-12(24)22-10-14(21-27-19(2,3)20(4,5)28-21)8-13-6-7-17-15(9-13)16(11-23-17)18(25)26/h6-9,11,23H,10H2,1-5H3,(H,22,24)(H,25,26). The molecule has 8 heteroatoms. The van der Waals surface area contributed by atoms with Crippen molar-refractivity contribution < 1.29 is 24.0 Å². The molecule has 7 nitrogen and oxygen atoms in total. The molecule has 0 atom stereocenters. The van der Waals surface area contributed by atoms with Gasteiger partial charge in [-0.25, -0.2) is 4.79 Å². The molecule has 0 unspecified atom stereocenters. The fraction of sp³-hybridized carbons (Fsp3) is 0.400. The highest BCUT2D eigenvalue weighted by atomic mass is 16.7. The van der Waals surface area contributed by atoms with Crippen LogP contribution in [0.15, 0.2) is 29.9 Å². The van der Waals surface area contributed by atoms with Crippen LogP contribution < -0.4 is 5.32 Å². The highest BCUT2D eigenvalue weighted by Gasteiger charge is 2.52. The predicted molar refractivity (Wildman–Crippen MR) is 108 cm³/mol. The predicted octanol–water partition coefficient (Wildman–Crippen LogP) is 3.02. The van der Waals surface area contributed by atoms with Crippen LogP contribution in [0.4, 0.5) is 0 Å². The molecule has 3 rings (SSSR count). The van der Waals surface area contributed by atoms with Crippen molar-refractivity contribution in [3.8, 4) is 0 Å². The van der Waals surface area contributed by atoms with E-state index in [4.69, 9.17) is 9.31 Å². The van der Waals surface area contributed by atoms with E-state index in [9.17, 15) is 14.7 Å². The first-order chi connectivity index (χ1) is 13.0. The summed E-state index contributed by atoms with van der Waals surface area (Å²) in [6.45, 7) is 9.58. The number of carbonyl (C=O) groups excluding carboxylic acids is 1. The van der Waals surface area contributed by atoms with Crippen molar-refractivity contribution in [1.82, 2.24) is 10.3 Å². The number of carbonyl (C=O) groups is 2. The van der Waals surface area contributed by atoms with Gasteiger partial charge < -0.3 is 24.7 Å². The number of benzene rings is 1. The van der Waals surface area contributed by atoms with Crippen LogP contribution in [0.2, 0.25) is 0 Å². The molecule has 1 amide bonds. The summed E-state index contributed by atoms with van der Waals surface area (Å²) >= 11 is 0. The van der Waals surface area contributed by atoms with Gasteiger partial charge in [0.15, 0.2) is 0 Å². The number of carboxylic acids is 1. The van der Waals surface area contributed by atoms with Crippen LogP contribution in [0, 0.1) is 0 Å². The Morgan fingerprint density at radius 1 is 1.21 bits per heavy atom. The number of hydrogen-bond acceptors (Lipinski definition) is 4. The third-order valence-electron chi connectivity index (χ3n) is 5.39. The molecule has 28 heavy (non-hydrogen) atoms. The fourth-order valence-corrected chi connectivity index (χ4v) is 3.04. The van der Waals surface area contributed by atoms with Gasteiger partial charge in [-0.15, -0.1) is 0 Å². The van der Waals surface area contributed by atoms with Crippen LogP contribution in [-0.2, 0) is 14.1 Å². The Morgan fingerprint density at radius 2 is 1.86 bits per heavy atom. The Morgan fingerprint density at radius 3 is 2.43 bits per heavy atom. The van der Waals surface area contributed by atoms with Crippen molar-refractivity contribution in [1.29, 1.82) is 0 Å². The molecule has 0 aliphatic carbocycles. The highest BCUT2D eigenvalue weighted by molar-refractivity contribution is 6.56. The van der Waals surface area contributed by atoms with Gasteiger partial charge >= 0.3 is 13.1 Å². The normalized spacial score (nSPS) is 18.5. The Labute approximate surface area is 164 Å². The molecular formula is C20H25BN2O5. The molecule has 1 aliphatic heterocycles. The number of hydrogen-bond donors (Lipinski definition) is 3. The van der Waals surface area contributed by atoms with Crippen molar-refractivity contribution in [2.45, 2.75) is 45.8 Å².